The highest BCUT2D eigenvalue weighted by Crippen LogP contribution is 2.70. The number of rotatable bonds is 1. The van der Waals surface area contributed by atoms with Gasteiger partial charge in [-0.15, -0.1) is 0 Å². The van der Waals surface area contributed by atoms with E-state index in [9.17, 15) is 0 Å². The highest BCUT2D eigenvalue weighted by Gasteiger charge is 2.72. The Morgan fingerprint density at radius 2 is 1.84 bits per heavy atom. The van der Waals surface area contributed by atoms with Crippen LogP contribution < -0.4 is 0 Å². The van der Waals surface area contributed by atoms with Gasteiger partial charge >= 0.3 is 0 Å². The molecule has 0 spiro atoms. The highest BCUT2D eigenvalue weighted by molar-refractivity contribution is 5.34. The summed E-state index contributed by atoms with van der Waals surface area (Å²) in [6, 6.07) is 10.7. The smallest absolute Gasteiger partial charge is 0.164 e. The summed E-state index contributed by atoms with van der Waals surface area (Å²) in [7, 11) is 0. The number of ether oxygens (including phenoxy) is 2. The lowest BCUT2D eigenvalue weighted by molar-refractivity contribution is -0.193. The molecule has 2 nitrogen and oxygen atoms in total. The van der Waals surface area contributed by atoms with Gasteiger partial charge in [0.25, 0.3) is 0 Å². The minimum Gasteiger partial charge on any atom is -0.344 e. The Bertz CT molecular complexity index is 509. The molecule has 19 heavy (non-hydrogen) atoms. The fourth-order valence-corrected chi connectivity index (χ4v) is 4.89. The van der Waals surface area contributed by atoms with Crippen LogP contribution in [0.2, 0.25) is 0 Å². The van der Waals surface area contributed by atoms with E-state index in [2.05, 4.69) is 51.1 Å². The minimum absolute atomic E-state index is 0.220. The monoisotopic (exact) mass is 258 g/mol. The third-order valence-electron chi connectivity index (χ3n) is 5.53. The largest absolute Gasteiger partial charge is 0.344 e. The van der Waals surface area contributed by atoms with E-state index in [1.165, 1.54) is 24.8 Å². The van der Waals surface area contributed by atoms with Crippen LogP contribution >= 0.6 is 0 Å². The lowest BCUT2D eigenvalue weighted by Gasteiger charge is -2.44. The van der Waals surface area contributed by atoms with E-state index < -0.39 is 5.79 Å². The van der Waals surface area contributed by atoms with Crippen LogP contribution in [-0.4, -0.2) is 11.9 Å². The second-order valence-electron chi connectivity index (χ2n) is 7.21. The zero-order chi connectivity index (χ0) is 13.3. The number of hydrogen-bond acceptors (Lipinski definition) is 2. The maximum atomic E-state index is 6.56. The summed E-state index contributed by atoms with van der Waals surface area (Å²) in [4.78, 5) is 0. The van der Waals surface area contributed by atoms with Crippen molar-refractivity contribution >= 4 is 0 Å². The van der Waals surface area contributed by atoms with E-state index in [1.807, 2.05) is 0 Å². The summed E-state index contributed by atoms with van der Waals surface area (Å²) in [5.41, 5.74) is 1.29. The molecule has 4 rings (SSSR count). The van der Waals surface area contributed by atoms with Gasteiger partial charge in [-0.3, -0.25) is 0 Å². The van der Waals surface area contributed by atoms with E-state index in [4.69, 9.17) is 9.47 Å². The minimum atomic E-state index is -0.467. The summed E-state index contributed by atoms with van der Waals surface area (Å²) < 4.78 is 12.9. The SMILES string of the molecule is CC1(C)O[C@@H]2[C@@H]3CC[C@@](C)(C3)[C@]2(c2ccccc2)O1. The molecule has 2 heteroatoms. The molecule has 1 aliphatic heterocycles. The van der Waals surface area contributed by atoms with Gasteiger partial charge in [0, 0.05) is 5.41 Å². The van der Waals surface area contributed by atoms with Crippen LogP contribution in [0.25, 0.3) is 0 Å². The van der Waals surface area contributed by atoms with Crippen molar-refractivity contribution in [3.8, 4) is 0 Å². The fraction of sp³-hybridized carbons (Fsp3) is 0.647. The van der Waals surface area contributed by atoms with Gasteiger partial charge in [0.2, 0.25) is 0 Å². The Kier molecular flexibility index (Phi) is 2.15. The summed E-state index contributed by atoms with van der Waals surface area (Å²) in [6.07, 6.45) is 4.00. The normalized spacial score (nSPS) is 46.5. The molecule has 102 valence electrons. The van der Waals surface area contributed by atoms with Gasteiger partial charge in [-0.05, 0) is 44.6 Å². The summed E-state index contributed by atoms with van der Waals surface area (Å²) in [5.74, 6) is 0.192. The van der Waals surface area contributed by atoms with Crippen molar-refractivity contribution in [1.29, 1.82) is 0 Å². The van der Waals surface area contributed by atoms with Gasteiger partial charge in [0.05, 0.1) is 6.10 Å². The van der Waals surface area contributed by atoms with Gasteiger partial charge in [-0.25, -0.2) is 0 Å². The highest BCUT2D eigenvalue weighted by atomic mass is 16.8. The lowest BCUT2D eigenvalue weighted by atomic mass is 9.68. The quantitative estimate of drug-likeness (QED) is 0.761. The van der Waals surface area contributed by atoms with E-state index in [0.717, 1.165) is 0 Å². The van der Waals surface area contributed by atoms with Gasteiger partial charge in [-0.2, -0.15) is 0 Å². The number of fused-ring (bicyclic) bond motifs is 5. The Balaban J connectivity index is 1.91. The molecule has 2 saturated carbocycles. The molecule has 0 unspecified atom stereocenters. The van der Waals surface area contributed by atoms with Crippen molar-refractivity contribution < 1.29 is 9.47 Å². The first-order valence-corrected chi connectivity index (χ1v) is 7.40. The van der Waals surface area contributed by atoms with E-state index in [1.54, 1.807) is 0 Å². The molecule has 0 N–H and O–H groups in total. The molecule has 2 bridgehead atoms. The molecule has 1 saturated heterocycles. The first kappa shape index (κ1) is 11.9. The topological polar surface area (TPSA) is 18.5 Å². The van der Waals surface area contributed by atoms with Gasteiger partial charge < -0.3 is 9.47 Å². The molecular formula is C17H22O2. The maximum Gasteiger partial charge on any atom is 0.164 e. The molecule has 3 fully saturated rings. The van der Waals surface area contributed by atoms with Crippen molar-refractivity contribution in [2.24, 2.45) is 11.3 Å². The summed E-state index contributed by atoms with van der Waals surface area (Å²) in [6.45, 7) is 6.50. The van der Waals surface area contributed by atoms with E-state index in [0.29, 0.717) is 5.92 Å². The predicted molar refractivity (Wildman–Crippen MR) is 73.6 cm³/mol. The van der Waals surface area contributed by atoms with Crippen LogP contribution in [0.5, 0.6) is 0 Å². The zero-order valence-electron chi connectivity index (χ0n) is 12.0. The van der Waals surface area contributed by atoms with Crippen LogP contribution in [0, 0.1) is 11.3 Å². The molecule has 1 aromatic rings. The maximum absolute atomic E-state index is 6.56. The second kappa shape index (κ2) is 3.42. The molecule has 4 atom stereocenters. The van der Waals surface area contributed by atoms with Crippen molar-refractivity contribution in [2.75, 3.05) is 0 Å². The molecule has 2 aliphatic carbocycles. The summed E-state index contributed by atoms with van der Waals surface area (Å²) in [5, 5.41) is 0. The van der Waals surface area contributed by atoms with E-state index in [-0.39, 0.29) is 17.1 Å². The third-order valence-corrected chi connectivity index (χ3v) is 5.53. The second-order valence-corrected chi connectivity index (χ2v) is 7.21. The third kappa shape index (κ3) is 1.34. The summed E-state index contributed by atoms with van der Waals surface area (Å²) >= 11 is 0. The Morgan fingerprint density at radius 1 is 1.11 bits per heavy atom. The fourth-order valence-electron chi connectivity index (χ4n) is 4.89. The van der Waals surface area contributed by atoms with Gasteiger partial charge in [0.1, 0.15) is 5.60 Å². The molecule has 1 heterocycles. The number of hydrogen-bond donors (Lipinski definition) is 0. The Hall–Kier alpha value is -0.860. The first-order chi connectivity index (χ1) is 8.97. The Morgan fingerprint density at radius 3 is 2.58 bits per heavy atom. The molecular weight excluding hydrogens is 236 g/mol. The Labute approximate surface area is 115 Å². The standard InChI is InChI=1S/C17H22O2/c1-15(2)18-14-12-9-10-16(3,11-12)17(14,19-15)13-7-5-4-6-8-13/h4-8,12,14H,9-11H2,1-3H3/t12-,14-,16+,17-/m1/s1. The van der Waals surface area contributed by atoms with Gasteiger partial charge in [0.15, 0.2) is 5.79 Å². The molecule has 0 radical (unpaired) electrons. The predicted octanol–water partition coefficient (Wildman–Crippen LogP) is 3.85. The van der Waals surface area contributed by atoms with E-state index >= 15 is 0 Å². The van der Waals surface area contributed by atoms with Crippen LogP contribution in [0.1, 0.15) is 45.6 Å². The van der Waals surface area contributed by atoms with Crippen LogP contribution in [-0.2, 0) is 15.1 Å². The zero-order valence-corrected chi connectivity index (χ0v) is 12.0. The van der Waals surface area contributed by atoms with Crippen LogP contribution in [0.15, 0.2) is 30.3 Å². The van der Waals surface area contributed by atoms with Crippen molar-refractivity contribution in [1.82, 2.24) is 0 Å². The molecule has 0 amide bonds. The average Bonchev–Trinajstić information content (AvgIpc) is 2.96. The molecule has 0 aromatic heterocycles. The van der Waals surface area contributed by atoms with Crippen molar-refractivity contribution in [3.05, 3.63) is 35.9 Å². The molecule has 3 aliphatic rings. The van der Waals surface area contributed by atoms with Crippen molar-refractivity contribution in [3.63, 3.8) is 0 Å². The average molecular weight is 258 g/mol. The first-order valence-electron chi connectivity index (χ1n) is 7.40. The van der Waals surface area contributed by atoms with Crippen LogP contribution in [0.3, 0.4) is 0 Å². The molecule has 1 aromatic carbocycles. The number of benzene rings is 1. The van der Waals surface area contributed by atoms with Crippen molar-refractivity contribution in [2.45, 2.75) is 57.5 Å². The lowest BCUT2D eigenvalue weighted by Crippen LogP contribution is -2.48. The van der Waals surface area contributed by atoms with Gasteiger partial charge in [-0.1, -0.05) is 37.3 Å². The van der Waals surface area contributed by atoms with Crippen LogP contribution in [0.4, 0.5) is 0 Å².